The van der Waals surface area contributed by atoms with E-state index in [2.05, 4.69) is 31.9 Å². The van der Waals surface area contributed by atoms with Crippen molar-refractivity contribution < 1.29 is 9.59 Å². The number of anilines is 1. The number of amides is 3. The van der Waals surface area contributed by atoms with Gasteiger partial charge in [-0.15, -0.1) is 0 Å². The van der Waals surface area contributed by atoms with Gasteiger partial charge in [-0.3, -0.25) is 4.79 Å². The molecule has 0 aliphatic heterocycles. The summed E-state index contributed by atoms with van der Waals surface area (Å²) in [6, 6.07) is 11.9. The Balaban J connectivity index is 2.27. The fourth-order valence-corrected chi connectivity index (χ4v) is 3.33. The van der Waals surface area contributed by atoms with Gasteiger partial charge in [-0.25, -0.2) is 4.79 Å². The molecule has 3 amide bonds. The van der Waals surface area contributed by atoms with Crippen molar-refractivity contribution in [1.82, 2.24) is 10.6 Å². The van der Waals surface area contributed by atoms with E-state index in [0.717, 1.165) is 10.0 Å². The number of nitrogens with one attached hydrogen (secondary N) is 3. The molecule has 0 unspecified atom stereocenters. The smallest absolute Gasteiger partial charge is 0.315 e. The largest absolute Gasteiger partial charge is 0.338 e. The maximum absolute atomic E-state index is 13.0. The van der Waals surface area contributed by atoms with Gasteiger partial charge in [-0.05, 0) is 49.7 Å². The van der Waals surface area contributed by atoms with Crippen LogP contribution in [0.2, 0.25) is 10.0 Å². The van der Waals surface area contributed by atoms with Crippen molar-refractivity contribution in [2.45, 2.75) is 25.8 Å². The summed E-state index contributed by atoms with van der Waals surface area (Å²) in [7, 11) is 0. The molecule has 3 N–H and O–H groups in total. The van der Waals surface area contributed by atoms with Gasteiger partial charge in [0, 0.05) is 33.2 Å². The van der Waals surface area contributed by atoms with Crippen LogP contribution in [0, 0.1) is 0 Å². The van der Waals surface area contributed by atoms with Gasteiger partial charge in [0.2, 0.25) is 5.91 Å². The number of carbonyl (C=O) groups excluding carboxylic acids is 2. The number of carbonyl (C=O) groups is 2. The fourth-order valence-electron chi connectivity index (χ4n) is 2.54. The standard InChI is InChI=1S/C19H20BrCl2N3O2/c1-3-23-18(27)25-19(2,11-12-4-6-13(20)7-5-12)17(26)24-16-9-14(21)8-15(22)10-16/h4-10H,3,11H2,1-2H3,(H,24,26)(H2,23,25,27)/t19-/m1/s1. The van der Waals surface area contributed by atoms with Crippen LogP contribution < -0.4 is 16.0 Å². The van der Waals surface area contributed by atoms with E-state index in [-0.39, 0.29) is 5.91 Å². The van der Waals surface area contributed by atoms with Crippen LogP contribution in [0.25, 0.3) is 0 Å². The Bertz CT molecular complexity index is 810. The molecule has 2 aromatic rings. The molecule has 5 nitrogen and oxygen atoms in total. The van der Waals surface area contributed by atoms with Crippen molar-refractivity contribution in [3.8, 4) is 0 Å². The predicted octanol–water partition coefficient (Wildman–Crippen LogP) is 5.01. The van der Waals surface area contributed by atoms with E-state index in [4.69, 9.17) is 23.2 Å². The average molecular weight is 473 g/mol. The Hall–Kier alpha value is -1.76. The number of hydrogen-bond acceptors (Lipinski definition) is 2. The summed E-state index contributed by atoms with van der Waals surface area (Å²) in [5.74, 6) is -0.380. The van der Waals surface area contributed by atoms with Crippen LogP contribution >= 0.6 is 39.1 Å². The zero-order chi connectivity index (χ0) is 20.0. The molecular weight excluding hydrogens is 453 g/mol. The molecule has 2 rings (SSSR count). The van der Waals surface area contributed by atoms with Gasteiger partial charge in [0.15, 0.2) is 0 Å². The van der Waals surface area contributed by atoms with E-state index < -0.39 is 11.6 Å². The summed E-state index contributed by atoms with van der Waals surface area (Å²) in [5, 5.41) is 9.02. The average Bonchev–Trinajstić information content (AvgIpc) is 2.56. The van der Waals surface area contributed by atoms with Gasteiger partial charge in [0.05, 0.1) is 0 Å². The first kappa shape index (κ1) is 21.5. The zero-order valence-electron chi connectivity index (χ0n) is 14.9. The Morgan fingerprint density at radius 2 is 1.67 bits per heavy atom. The first-order valence-corrected chi connectivity index (χ1v) is 9.85. The summed E-state index contributed by atoms with van der Waals surface area (Å²) >= 11 is 15.4. The summed E-state index contributed by atoms with van der Waals surface area (Å²) in [5.41, 5.74) is 0.163. The lowest BCUT2D eigenvalue weighted by atomic mass is 9.91. The van der Waals surface area contributed by atoms with Crippen molar-refractivity contribution in [3.63, 3.8) is 0 Å². The molecular formula is C19H20BrCl2N3O2. The monoisotopic (exact) mass is 471 g/mol. The molecule has 0 heterocycles. The third-order valence-corrected chi connectivity index (χ3v) is 4.78. The molecule has 0 saturated carbocycles. The van der Waals surface area contributed by atoms with Crippen molar-refractivity contribution in [2.75, 3.05) is 11.9 Å². The van der Waals surface area contributed by atoms with Crippen LogP contribution in [0.15, 0.2) is 46.9 Å². The fraction of sp³-hybridized carbons (Fsp3) is 0.263. The number of rotatable bonds is 6. The summed E-state index contributed by atoms with van der Waals surface area (Å²) in [6.07, 6.45) is 0.303. The Morgan fingerprint density at radius 3 is 2.22 bits per heavy atom. The number of urea groups is 1. The lowest BCUT2D eigenvalue weighted by Gasteiger charge is -2.30. The van der Waals surface area contributed by atoms with Crippen LogP contribution in [0.5, 0.6) is 0 Å². The minimum atomic E-state index is -1.19. The molecule has 1 atom stereocenters. The van der Waals surface area contributed by atoms with Gasteiger partial charge < -0.3 is 16.0 Å². The quantitative estimate of drug-likeness (QED) is 0.552. The van der Waals surface area contributed by atoms with Crippen molar-refractivity contribution in [2.24, 2.45) is 0 Å². The van der Waals surface area contributed by atoms with Crippen LogP contribution in [-0.2, 0) is 11.2 Å². The summed E-state index contributed by atoms with van der Waals surface area (Å²) < 4.78 is 0.933. The van der Waals surface area contributed by atoms with Crippen LogP contribution in [0.3, 0.4) is 0 Å². The maximum atomic E-state index is 13.0. The molecule has 144 valence electrons. The summed E-state index contributed by atoms with van der Waals surface area (Å²) in [4.78, 5) is 25.1. The second kappa shape index (κ2) is 9.44. The minimum Gasteiger partial charge on any atom is -0.338 e. The van der Waals surface area contributed by atoms with Crippen LogP contribution in [-0.4, -0.2) is 24.0 Å². The SMILES string of the molecule is CCNC(=O)N[C@](C)(Cc1ccc(Br)cc1)C(=O)Nc1cc(Cl)cc(Cl)c1. The van der Waals surface area contributed by atoms with Crippen LogP contribution in [0.4, 0.5) is 10.5 Å². The third kappa shape index (κ3) is 6.41. The topological polar surface area (TPSA) is 70.2 Å². The Labute approximate surface area is 176 Å². The number of halogens is 3. The second-order valence-electron chi connectivity index (χ2n) is 6.23. The number of hydrogen-bond donors (Lipinski definition) is 3. The molecule has 0 fully saturated rings. The zero-order valence-corrected chi connectivity index (χ0v) is 18.0. The maximum Gasteiger partial charge on any atom is 0.315 e. The van der Waals surface area contributed by atoms with Gasteiger partial charge >= 0.3 is 6.03 Å². The molecule has 8 heteroatoms. The highest BCUT2D eigenvalue weighted by Crippen LogP contribution is 2.24. The molecule has 0 radical (unpaired) electrons. The highest BCUT2D eigenvalue weighted by atomic mass is 79.9. The molecule has 0 spiro atoms. The lowest BCUT2D eigenvalue weighted by molar-refractivity contribution is -0.121. The van der Waals surface area contributed by atoms with Gasteiger partial charge in [-0.1, -0.05) is 51.3 Å². The molecule has 0 saturated heterocycles. The second-order valence-corrected chi connectivity index (χ2v) is 8.02. The Morgan fingerprint density at radius 1 is 1.07 bits per heavy atom. The minimum absolute atomic E-state index is 0.303. The van der Waals surface area contributed by atoms with E-state index in [1.165, 1.54) is 0 Å². The van der Waals surface area contributed by atoms with Crippen molar-refractivity contribution in [3.05, 3.63) is 62.5 Å². The van der Waals surface area contributed by atoms with E-state index in [0.29, 0.717) is 28.7 Å². The van der Waals surface area contributed by atoms with Gasteiger partial charge in [0.1, 0.15) is 5.54 Å². The van der Waals surface area contributed by atoms with Crippen LogP contribution in [0.1, 0.15) is 19.4 Å². The van der Waals surface area contributed by atoms with Gasteiger partial charge in [0.25, 0.3) is 0 Å². The molecule has 0 bridgehead atoms. The van der Waals surface area contributed by atoms with Crippen molar-refractivity contribution in [1.29, 1.82) is 0 Å². The number of benzene rings is 2. The van der Waals surface area contributed by atoms with E-state index in [1.54, 1.807) is 32.0 Å². The van der Waals surface area contributed by atoms with E-state index in [1.807, 2.05) is 24.3 Å². The molecule has 27 heavy (non-hydrogen) atoms. The lowest BCUT2D eigenvalue weighted by Crippen LogP contribution is -2.58. The molecule has 0 aliphatic carbocycles. The summed E-state index contributed by atoms with van der Waals surface area (Å²) in [6.45, 7) is 3.93. The third-order valence-electron chi connectivity index (χ3n) is 3.82. The molecule has 2 aromatic carbocycles. The first-order chi connectivity index (χ1) is 12.7. The Kier molecular flexibility index (Phi) is 7.53. The molecule has 0 aliphatic rings. The van der Waals surface area contributed by atoms with E-state index in [9.17, 15) is 9.59 Å². The normalized spacial score (nSPS) is 12.8. The molecule has 0 aromatic heterocycles. The van der Waals surface area contributed by atoms with E-state index >= 15 is 0 Å². The highest BCUT2D eigenvalue weighted by molar-refractivity contribution is 9.10. The predicted molar refractivity (Wildman–Crippen MR) is 114 cm³/mol. The highest BCUT2D eigenvalue weighted by Gasteiger charge is 2.35. The van der Waals surface area contributed by atoms with Crippen molar-refractivity contribution >= 4 is 56.8 Å². The first-order valence-electron chi connectivity index (χ1n) is 8.30. The van der Waals surface area contributed by atoms with Gasteiger partial charge in [-0.2, -0.15) is 0 Å².